The third kappa shape index (κ3) is 3.49. The van der Waals surface area contributed by atoms with Crippen LogP contribution in [0.3, 0.4) is 0 Å². The van der Waals surface area contributed by atoms with Crippen LogP contribution >= 0.6 is 0 Å². The van der Waals surface area contributed by atoms with E-state index in [0.29, 0.717) is 24.5 Å². The fraction of sp³-hybridized carbons (Fsp3) is 0.917. The number of nitrogens with zero attached hydrogens (tertiary/aromatic N) is 1. The number of carbonyl (C=O) groups excluding carboxylic acids is 1. The topological polar surface area (TPSA) is 32.3 Å². The van der Waals surface area contributed by atoms with E-state index in [2.05, 4.69) is 37.9 Å². The van der Waals surface area contributed by atoms with E-state index in [1.54, 1.807) is 0 Å². The number of nitrogens with one attached hydrogen (secondary N) is 1. The van der Waals surface area contributed by atoms with E-state index in [0.717, 1.165) is 13.0 Å². The van der Waals surface area contributed by atoms with Crippen molar-refractivity contribution in [2.45, 2.75) is 52.6 Å². The molecule has 88 valence electrons. The molecule has 15 heavy (non-hydrogen) atoms. The van der Waals surface area contributed by atoms with Gasteiger partial charge in [-0.15, -0.1) is 0 Å². The molecule has 1 aliphatic rings. The van der Waals surface area contributed by atoms with E-state index in [1.807, 2.05) is 0 Å². The van der Waals surface area contributed by atoms with Crippen molar-refractivity contribution < 1.29 is 4.79 Å². The van der Waals surface area contributed by atoms with Gasteiger partial charge in [-0.25, -0.2) is 0 Å². The maximum atomic E-state index is 11.9. The highest BCUT2D eigenvalue weighted by Gasteiger charge is 2.30. The Labute approximate surface area is 93.2 Å². The Morgan fingerprint density at radius 1 is 1.40 bits per heavy atom. The van der Waals surface area contributed by atoms with Crippen LogP contribution in [0.15, 0.2) is 0 Å². The number of amides is 1. The fourth-order valence-electron chi connectivity index (χ4n) is 2.19. The lowest BCUT2D eigenvalue weighted by Crippen LogP contribution is -2.44. The normalized spacial score (nSPS) is 21.7. The lowest BCUT2D eigenvalue weighted by molar-refractivity contribution is -0.131. The van der Waals surface area contributed by atoms with Crippen LogP contribution in [0.25, 0.3) is 0 Å². The summed E-state index contributed by atoms with van der Waals surface area (Å²) in [5.74, 6) is 0.843. The zero-order chi connectivity index (χ0) is 11.4. The summed E-state index contributed by atoms with van der Waals surface area (Å²) >= 11 is 0. The average molecular weight is 212 g/mol. The molecule has 3 heteroatoms. The molecule has 1 unspecified atom stereocenters. The summed E-state index contributed by atoms with van der Waals surface area (Å²) < 4.78 is 0. The molecule has 0 radical (unpaired) electrons. The minimum atomic E-state index is 0.264. The molecule has 1 amide bonds. The minimum Gasteiger partial charge on any atom is -0.338 e. The third-order valence-electron chi connectivity index (χ3n) is 3.05. The van der Waals surface area contributed by atoms with Crippen LogP contribution in [0, 0.1) is 5.92 Å². The van der Waals surface area contributed by atoms with Gasteiger partial charge in [-0.1, -0.05) is 27.7 Å². The van der Waals surface area contributed by atoms with E-state index in [9.17, 15) is 4.79 Å². The standard InChI is InChI=1S/C12H24N2O/c1-9(2)11-6-5-7-14(11)12(15)8-13-10(3)4/h9-11,13H,5-8H2,1-4H3. The molecule has 0 aromatic rings. The van der Waals surface area contributed by atoms with Crippen LogP contribution in [0.4, 0.5) is 0 Å². The van der Waals surface area contributed by atoms with Crippen LogP contribution in [0.5, 0.6) is 0 Å². The molecular weight excluding hydrogens is 188 g/mol. The van der Waals surface area contributed by atoms with Crippen LogP contribution in [0.2, 0.25) is 0 Å². The van der Waals surface area contributed by atoms with E-state index in [-0.39, 0.29) is 5.91 Å². The maximum Gasteiger partial charge on any atom is 0.236 e. The van der Waals surface area contributed by atoms with Gasteiger partial charge in [0.05, 0.1) is 6.54 Å². The van der Waals surface area contributed by atoms with Crippen LogP contribution in [0.1, 0.15) is 40.5 Å². The molecule has 0 aromatic heterocycles. The molecule has 1 aliphatic heterocycles. The molecule has 1 atom stereocenters. The summed E-state index contributed by atoms with van der Waals surface area (Å²) in [6.07, 6.45) is 2.33. The number of carbonyl (C=O) groups is 1. The highest BCUT2D eigenvalue weighted by molar-refractivity contribution is 5.78. The highest BCUT2D eigenvalue weighted by atomic mass is 16.2. The van der Waals surface area contributed by atoms with Gasteiger partial charge < -0.3 is 10.2 Å². The first-order valence-corrected chi connectivity index (χ1v) is 6.05. The van der Waals surface area contributed by atoms with E-state index < -0.39 is 0 Å². The lowest BCUT2D eigenvalue weighted by atomic mass is 10.0. The summed E-state index contributed by atoms with van der Waals surface area (Å²) in [7, 11) is 0. The van der Waals surface area contributed by atoms with Crippen molar-refractivity contribution in [3.8, 4) is 0 Å². The molecule has 0 aliphatic carbocycles. The first-order valence-electron chi connectivity index (χ1n) is 6.05. The van der Waals surface area contributed by atoms with E-state index in [1.165, 1.54) is 6.42 Å². The molecule has 1 saturated heterocycles. The van der Waals surface area contributed by atoms with Gasteiger partial charge >= 0.3 is 0 Å². The Bertz CT molecular complexity index is 214. The van der Waals surface area contributed by atoms with Crippen molar-refractivity contribution in [3.05, 3.63) is 0 Å². The van der Waals surface area contributed by atoms with Gasteiger partial charge in [0, 0.05) is 18.6 Å². The summed E-state index contributed by atoms with van der Waals surface area (Å²) in [5, 5.41) is 3.19. The van der Waals surface area contributed by atoms with Gasteiger partial charge in [0.2, 0.25) is 5.91 Å². The molecule has 1 N–H and O–H groups in total. The molecule has 0 bridgehead atoms. The van der Waals surface area contributed by atoms with Crippen molar-refractivity contribution in [3.63, 3.8) is 0 Å². The second kappa shape index (κ2) is 5.50. The molecule has 0 aromatic carbocycles. The summed E-state index contributed by atoms with van der Waals surface area (Å²) in [5.41, 5.74) is 0. The summed E-state index contributed by atoms with van der Waals surface area (Å²) in [4.78, 5) is 14.0. The molecule has 1 heterocycles. The second-order valence-corrected chi connectivity index (χ2v) is 5.08. The van der Waals surface area contributed by atoms with Gasteiger partial charge in [0.25, 0.3) is 0 Å². The third-order valence-corrected chi connectivity index (χ3v) is 3.05. The van der Waals surface area contributed by atoms with Crippen molar-refractivity contribution in [1.29, 1.82) is 0 Å². The highest BCUT2D eigenvalue weighted by Crippen LogP contribution is 2.23. The summed E-state index contributed by atoms with van der Waals surface area (Å²) in [6.45, 7) is 9.97. The Hall–Kier alpha value is -0.570. The SMILES string of the molecule is CC(C)NCC(=O)N1CCCC1C(C)C. The van der Waals surface area contributed by atoms with Crippen molar-refractivity contribution in [1.82, 2.24) is 10.2 Å². The molecule has 1 rings (SSSR count). The molecular formula is C12H24N2O. The van der Waals surface area contributed by atoms with Gasteiger partial charge in [0.15, 0.2) is 0 Å². The lowest BCUT2D eigenvalue weighted by Gasteiger charge is -2.28. The number of rotatable bonds is 4. The van der Waals surface area contributed by atoms with E-state index in [4.69, 9.17) is 0 Å². The van der Waals surface area contributed by atoms with Crippen LogP contribution < -0.4 is 5.32 Å². The zero-order valence-electron chi connectivity index (χ0n) is 10.4. The predicted octanol–water partition coefficient (Wildman–Crippen LogP) is 1.63. The van der Waals surface area contributed by atoms with Gasteiger partial charge in [-0.2, -0.15) is 0 Å². The second-order valence-electron chi connectivity index (χ2n) is 5.08. The average Bonchev–Trinajstić information content (AvgIpc) is 2.62. The molecule has 0 spiro atoms. The Morgan fingerprint density at radius 2 is 2.07 bits per heavy atom. The van der Waals surface area contributed by atoms with Gasteiger partial charge in [-0.3, -0.25) is 4.79 Å². The molecule has 1 fully saturated rings. The first-order chi connectivity index (χ1) is 7.02. The summed E-state index contributed by atoms with van der Waals surface area (Å²) in [6, 6.07) is 0.848. The van der Waals surface area contributed by atoms with Crippen molar-refractivity contribution in [2.24, 2.45) is 5.92 Å². The monoisotopic (exact) mass is 212 g/mol. The first kappa shape index (κ1) is 12.5. The number of hydrogen-bond donors (Lipinski definition) is 1. The maximum absolute atomic E-state index is 11.9. The number of likely N-dealkylation sites (tertiary alicyclic amines) is 1. The van der Waals surface area contributed by atoms with Crippen molar-refractivity contribution in [2.75, 3.05) is 13.1 Å². The zero-order valence-corrected chi connectivity index (χ0v) is 10.4. The Kier molecular flexibility index (Phi) is 4.58. The number of hydrogen-bond acceptors (Lipinski definition) is 2. The Balaban J connectivity index is 2.44. The van der Waals surface area contributed by atoms with Gasteiger partial charge in [-0.05, 0) is 18.8 Å². The predicted molar refractivity (Wildman–Crippen MR) is 62.7 cm³/mol. The van der Waals surface area contributed by atoms with Crippen LogP contribution in [-0.2, 0) is 4.79 Å². The van der Waals surface area contributed by atoms with Gasteiger partial charge in [0.1, 0.15) is 0 Å². The van der Waals surface area contributed by atoms with Crippen molar-refractivity contribution >= 4 is 5.91 Å². The molecule has 0 saturated carbocycles. The van der Waals surface area contributed by atoms with E-state index >= 15 is 0 Å². The van der Waals surface area contributed by atoms with Crippen LogP contribution in [-0.4, -0.2) is 36.0 Å². The minimum absolute atomic E-state index is 0.264. The smallest absolute Gasteiger partial charge is 0.236 e. The molecule has 3 nitrogen and oxygen atoms in total. The largest absolute Gasteiger partial charge is 0.338 e. The Morgan fingerprint density at radius 3 is 2.60 bits per heavy atom. The fourth-order valence-corrected chi connectivity index (χ4v) is 2.19. The quantitative estimate of drug-likeness (QED) is 0.768.